The fourth-order valence-corrected chi connectivity index (χ4v) is 2.20. The molecule has 94 valence electrons. The van der Waals surface area contributed by atoms with Crippen molar-refractivity contribution in [3.63, 3.8) is 0 Å². The number of hydrogen-bond donors (Lipinski definition) is 0. The Morgan fingerprint density at radius 3 is 2.56 bits per heavy atom. The minimum absolute atomic E-state index is 0.147. The zero-order chi connectivity index (χ0) is 12.3. The molecule has 1 aliphatic rings. The van der Waals surface area contributed by atoms with E-state index in [1.165, 1.54) is 0 Å². The van der Waals surface area contributed by atoms with Gasteiger partial charge in [0.25, 0.3) is 0 Å². The van der Waals surface area contributed by atoms with E-state index in [4.69, 9.17) is 4.74 Å². The molecule has 1 unspecified atom stereocenters. The van der Waals surface area contributed by atoms with Crippen LogP contribution in [-0.2, 0) is 4.74 Å². The zero-order valence-electron chi connectivity index (χ0n) is 11.2. The SMILES string of the molecule is CC[C@H]1CC(C)CCN1C(=O)OC(C)(C)C. The largest absolute Gasteiger partial charge is 0.444 e. The first kappa shape index (κ1) is 13.3. The van der Waals surface area contributed by atoms with Crippen LogP contribution in [0, 0.1) is 5.92 Å². The highest BCUT2D eigenvalue weighted by molar-refractivity contribution is 5.68. The van der Waals surface area contributed by atoms with E-state index in [2.05, 4.69) is 13.8 Å². The first-order valence-electron chi connectivity index (χ1n) is 6.33. The molecule has 0 aromatic heterocycles. The third-order valence-electron chi connectivity index (χ3n) is 3.08. The van der Waals surface area contributed by atoms with Crippen molar-refractivity contribution < 1.29 is 9.53 Å². The molecule has 0 aliphatic carbocycles. The van der Waals surface area contributed by atoms with Crippen molar-refractivity contribution in [2.24, 2.45) is 5.92 Å². The van der Waals surface area contributed by atoms with Crippen molar-refractivity contribution in [2.45, 2.75) is 65.5 Å². The van der Waals surface area contributed by atoms with Crippen molar-refractivity contribution in [2.75, 3.05) is 6.54 Å². The molecule has 1 rings (SSSR count). The summed E-state index contributed by atoms with van der Waals surface area (Å²) in [5.74, 6) is 0.726. The maximum absolute atomic E-state index is 12.0. The van der Waals surface area contributed by atoms with Crippen LogP contribution in [0.2, 0.25) is 0 Å². The lowest BCUT2D eigenvalue weighted by molar-refractivity contribution is 0.00506. The molecule has 1 aliphatic heterocycles. The summed E-state index contributed by atoms with van der Waals surface area (Å²) in [6.45, 7) is 11.0. The van der Waals surface area contributed by atoms with Crippen LogP contribution in [0.3, 0.4) is 0 Å². The molecule has 0 aromatic carbocycles. The Kier molecular flexibility index (Phi) is 4.22. The minimum atomic E-state index is -0.390. The Labute approximate surface area is 99.1 Å². The minimum Gasteiger partial charge on any atom is -0.444 e. The molecule has 3 heteroatoms. The summed E-state index contributed by atoms with van der Waals surface area (Å²) in [4.78, 5) is 13.9. The summed E-state index contributed by atoms with van der Waals surface area (Å²) in [5, 5.41) is 0. The number of likely N-dealkylation sites (tertiary alicyclic amines) is 1. The van der Waals surface area contributed by atoms with Gasteiger partial charge in [-0.05, 0) is 46.0 Å². The lowest BCUT2D eigenvalue weighted by Gasteiger charge is -2.38. The maximum Gasteiger partial charge on any atom is 0.410 e. The summed E-state index contributed by atoms with van der Waals surface area (Å²) in [7, 11) is 0. The van der Waals surface area contributed by atoms with Crippen LogP contribution in [0.4, 0.5) is 4.79 Å². The van der Waals surface area contributed by atoms with Gasteiger partial charge in [0.15, 0.2) is 0 Å². The van der Waals surface area contributed by atoms with Crippen molar-refractivity contribution in [1.29, 1.82) is 0 Å². The van der Waals surface area contributed by atoms with E-state index in [1.54, 1.807) is 0 Å². The lowest BCUT2D eigenvalue weighted by Crippen LogP contribution is -2.47. The monoisotopic (exact) mass is 227 g/mol. The average molecular weight is 227 g/mol. The van der Waals surface area contributed by atoms with E-state index in [1.807, 2.05) is 25.7 Å². The summed E-state index contributed by atoms with van der Waals surface area (Å²) in [6, 6.07) is 0.360. The highest BCUT2D eigenvalue weighted by Gasteiger charge is 2.31. The van der Waals surface area contributed by atoms with Gasteiger partial charge in [-0.2, -0.15) is 0 Å². The van der Waals surface area contributed by atoms with Gasteiger partial charge in [0, 0.05) is 12.6 Å². The van der Waals surface area contributed by atoms with Gasteiger partial charge in [-0.25, -0.2) is 4.79 Å². The molecule has 0 N–H and O–H groups in total. The second-order valence-electron chi connectivity index (χ2n) is 5.87. The van der Waals surface area contributed by atoms with Gasteiger partial charge in [-0.15, -0.1) is 0 Å². The van der Waals surface area contributed by atoms with E-state index in [-0.39, 0.29) is 6.09 Å². The molecule has 3 nitrogen and oxygen atoms in total. The zero-order valence-corrected chi connectivity index (χ0v) is 11.2. The Bertz CT molecular complexity index is 245. The number of rotatable bonds is 1. The Balaban J connectivity index is 2.60. The molecule has 16 heavy (non-hydrogen) atoms. The van der Waals surface area contributed by atoms with E-state index in [9.17, 15) is 4.79 Å². The van der Waals surface area contributed by atoms with Crippen LogP contribution < -0.4 is 0 Å². The molecular weight excluding hydrogens is 202 g/mol. The molecule has 0 radical (unpaired) electrons. The van der Waals surface area contributed by atoms with Gasteiger partial charge < -0.3 is 9.64 Å². The van der Waals surface area contributed by atoms with Gasteiger partial charge >= 0.3 is 6.09 Å². The topological polar surface area (TPSA) is 29.5 Å². The van der Waals surface area contributed by atoms with E-state index in [0.29, 0.717) is 6.04 Å². The molecule has 1 amide bonds. The molecule has 1 fully saturated rings. The number of carbonyl (C=O) groups is 1. The Morgan fingerprint density at radius 2 is 2.06 bits per heavy atom. The first-order chi connectivity index (χ1) is 7.33. The molecule has 2 atom stereocenters. The van der Waals surface area contributed by atoms with Gasteiger partial charge in [-0.1, -0.05) is 13.8 Å². The fourth-order valence-electron chi connectivity index (χ4n) is 2.20. The number of hydrogen-bond acceptors (Lipinski definition) is 2. The van der Waals surface area contributed by atoms with Gasteiger partial charge in [0.05, 0.1) is 0 Å². The molecular formula is C13H25NO2. The van der Waals surface area contributed by atoms with E-state index in [0.717, 1.165) is 31.7 Å². The highest BCUT2D eigenvalue weighted by atomic mass is 16.6. The van der Waals surface area contributed by atoms with Crippen LogP contribution in [0.25, 0.3) is 0 Å². The second kappa shape index (κ2) is 5.07. The average Bonchev–Trinajstić information content (AvgIpc) is 2.14. The number of carbonyl (C=O) groups excluding carboxylic acids is 1. The fraction of sp³-hybridized carbons (Fsp3) is 0.923. The summed E-state index contributed by atoms with van der Waals surface area (Å²) < 4.78 is 5.43. The van der Waals surface area contributed by atoms with Crippen LogP contribution >= 0.6 is 0 Å². The molecule has 0 saturated carbocycles. The molecule has 0 spiro atoms. The standard InChI is InChI=1S/C13H25NO2/c1-6-11-9-10(2)7-8-14(11)12(15)16-13(3,4)5/h10-11H,6-9H2,1-5H3/t10?,11-/m0/s1. The van der Waals surface area contributed by atoms with Gasteiger partial charge in [0.1, 0.15) is 5.60 Å². The molecule has 0 bridgehead atoms. The predicted octanol–water partition coefficient (Wildman–Crippen LogP) is 3.43. The van der Waals surface area contributed by atoms with Gasteiger partial charge in [0.2, 0.25) is 0 Å². The number of piperidine rings is 1. The quantitative estimate of drug-likeness (QED) is 0.687. The lowest BCUT2D eigenvalue weighted by atomic mass is 9.91. The van der Waals surface area contributed by atoms with Crippen LogP contribution in [0.1, 0.15) is 53.9 Å². The van der Waals surface area contributed by atoms with Crippen LogP contribution in [0.5, 0.6) is 0 Å². The van der Waals surface area contributed by atoms with Gasteiger partial charge in [-0.3, -0.25) is 0 Å². The third kappa shape index (κ3) is 3.69. The Morgan fingerprint density at radius 1 is 1.44 bits per heavy atom. The predicted molar refractivity (Wildman–Crippen MR) is 65.4 cm³/mol. The highest BCUT2D eigenvalue weighted by Crippen LogP contribution is 2.26. The van der Waals surface area contributed by atoms with Crippen molar-refractivity contribution in [3.8, 4) is 0 Å². The molecule has 1 heterocycles. The summed E-state index contributed by atoms with van der Waals surface area (Å²) in [6.07, 6.45) is 3.07. The molecule has 0 aromatic rings. The van der Waals surface area contributed by atoms with E-state index >= 15 is 0 Å². The second-order valence-corrected chi connectivity index (χ2v) is 5.87. The number of amides is 1. The third-order valence-corrected chi connectivity index (χ3v) is 3.08. The van der Waals surface area contributed by atoms with Crippen LogP contribution in [-0.4, -0.2) is 29.2 Å². The summed E-state index contributed by atoms with van der Waals surface area (Å²) >= 11 is 0. The van der Waals surface area contributed by atoms with Crippen LogP contribution in [0.15, 0.2) is 0 Å². The normalized spacial score (nSPS) is 26.7. The van der Waals surface area contributed by atoms with Crippen molar-refractivity contribution >= 4 is 6.09 Å². The Hall–Kier alpha value is -0.730. The number of nitrogens with zero attached hydrogens (tertiary/aromatic N) is 1. The van der Waals surface area contributed by atoms with Crippen molar-refractivity contribution in [3.05, 3.63) is 0 Å². The van der Waals surface area contributed by atoms with Crippen molar-refractivity contribution in [1.82, 2.24) is 4.90 Å². The number of ether oxygens (including phenoxy) is 1. The maximum atomic E-state index is 12.0. The first-order valence-corrected chi connectivity index (χ1v) is 6.33. The molecule has 1 saturated heterocycles. The summed E-state index contributed by atoms with van der Waals surface area (Å²) in [5.41, 5.74) is -0.390. The van der Waals surface area contributed by atoms with E-state index < -0.39 is 5.60 Å². The smallest absolute Gasteiger partial charge is 0.410 e.